The number of carbonyl (C=O) groups is 2. The third-order valence-electron chi connectivity index (χ3n) is 5.12. The van der Waals surface area contributed by atoms with Crippen LogP contribution in [0.1, 0.15) is 23.0 Å². The van der Waals surface area contributed by atoms with Gasteiger partial charge in [0.05, 0.1) is 23.1 Å². The van der Waals surface area contributed by atoms with Crippen molar-refractivity contribution in [2.24, 2.45) is 0 Å². The van der Waals surface area contributed by atoms with E-state index in [1.165, 1.54) is 36.8 Å². The number of pyridine rings is 3. The van der Waals surface area contributed by atoms with Gasteiger partial charge >= 0.3 is 6.18 Å². The predicted octanol–water partition coefficient (Wildman–Crippen LogP) is 2.90. The molecule has 0 aliphatic carbocycles. The summed E-state index contributed by atoms with van der Waals surface area (Å²) in [6, 6.07) is 9.20. The second kappa shape index (κ2) is 10.4. The number of aromatic nitrogens is 5. The molecular weight excluding hydrogens is 491 g/mol. The summed E-state index contributed by atoms with van der Waals surface area (Å²) in [6.07, 6.45) is 0.599. The Morgan fingerprint density at radius 2 is 1.89 bits per heavy atom. The first kappa shape index (κ1) is 25.3. The molecule has 0 saturated heterocycles. The van der Waals surface area contributed by atoms with Gasteiger partial charge in [-0.25, -0.2) is 9.67 Å². The van der Waals surface area contributed by atoms with E-state index in [0.29, 0.717) is 12.1 Å². The topological polar surface area (TPSA) is 124 Å². The van der Waals surface area contributed by atoms with E-state index in [2.05, 4.69) is 25.7 Å². The van der Waals surface area contributed by atoms with Crippen molar-refractivity contribution in [2.75, 3.05) is 11.9 Å². The SMILES string of the molecule is CCNC(=O)Cn1cc(C(=O)Nc2ccc(-n3nc(-c4cccnc4)cc3C(F)(F)F)cn2)ccc1=O. The molecule has 0 bridgehead atoms. The molecule has 4 aromatic heterocycles. The largest absolute Gasteiger partial charge is 0.433 e. The molecule has 4 aromatic rings. The van der Waals surface area contributed by atoms with Crippen LogP contribution in [0.5, 0.6) is 0 Å². The van der Waals surface area contributed by atoms with Crippen LogP contribution in [0.2, 0.25) is 0 Å². The van der Waals surface area contributed by atoms with Gasteiger partial charge in [0.1, 0.15) is 18.1 Å². The molecule has 0 spiro atoms. The number of alkyl halides is 3. The Hall–Kier alpha value is -4.81. The Kier molecular flexibility index (Phi) is 7.13. The molecule has 37 heavy (non-hydrogen) atoms. The number of carbonyl (C=O) groups excluding carboxylic acids is 2. The molecule has 4 heterocycles. The highest BCUT2D eigenvalue weighted by Gasteiger charge is 2.36. The highest BCUT2D eigenvalue weighted by atomic mass is 19.4. The summed E-state index contributed by atoms with van der Waals surface area (Å²) in [5.74, 6) is -0.954. The maximum Gasteiger partial charge on any atom is 0.433 e. The zero-order valence-electron chi connectivity index (χ0n) is 19.4. The van der Waals surface area contributed by atoms with Gasteiger partial charge in [0, 0.05) is 36.8 Å². The highest BCUT2D eigenvalue weighted by Crippen LogP contribution is 2.33. The van der Waals surface area contributed by atoms with Crippen LogP contribution in [0.4, 0.5) is 19.0 Å². The average Bonchev–Trinajstić information content (AvgIpc) is 3.33. The average molecular weight is 511 g/mol. The molecule has 2 N–H and O–H groups in total. The van der Waals surface area contributed by atoms with Crippen molar-refractivity contribution in [3.8, 4) is 16.9 Å². The lowest BCUT2D eigenvalue weighted by atomic mass is 10.2. The number of amides is 2. The second-order valence-electron chi connectivity index (χ2n) is 7.76. The zero-order chi connectivity index (χ0) is 26.6. The highest BCUT2D eigenvalue weighted by molar-refractivity contribution is 6.03. The van der Waals surface area contributed by atoms with Gasteiger partial charge in [-0.15, -0.1) is 0 Å². The van der Waals surface area contributed by atoms with Gasteiger partial charge in [0.25, 0.3) is 11.5 Å². The number of hydrogen-bond donors (Lipinski definition) is 2. The lowest BCUT2D eigenvalue weighted by molar-refractivity contribution is -0.142. The van der Waals surface area contributed by atoms with Crippen LogP contribution in [0.15, 0.2) is 72.0 Å². The van der Waals surface area contributed by atoms with Crippen LogP contribution in [-0.2, 0) is 17.5 Å². The van der Waals surface area contributed by atoms with Crippen LogP contribution < -0.4 is 16.2 Å². The number of hydrogen-bond acceptors (Lipinski definition) is 6. The minimum atomic E-state index is -4.68. The summed E-state index contributed by atoms with van der Waals surface area (Å²) in [7, 11) is 0. The minimum Gasteiger partial charge on any atom is -0.355 e. The first-order chi connectivity index (χ1) is 17.7. The number of anilines is 1. The smallest absolute Gasteiger partial charge is 0.355 e. The second-order valence-corrected chi connectivity index (χ2v) is 7.76. The van der Waals surface area contributed by atoms with Gasteiger partial charge in [-0.3, -0.25) is 19.4 Å². The monoisotopic (exact) mass is 511 g/mol. The van der Waals surface area contributed by atoms with Gasteiger partial charge in [-0.1, -0.05) is 0 Å². The van der Waals surface area contributed by atoms with E-state index in [0.717, 1.165) is 27.6 Å². The van der Waals surface area contributed by atoms with Gasteiger partial charge < -0.3 is 15.2 Å². The number of nitrogens with zero attached hydrogens (tertiary/aromatic N) is 5. The zero-order valence-corrected chi connectivity index (χ0v) is 19.4. The Balaban J connectivity index is 1.55. The van der Waals surface area contributed by atoms with E-state index in [1.807, 2.05) is 0 Å². The molecule has 10 nitrogen and oxygen atoms in total. The molecule has 0 aliphatic heterocycles. The lowest BCUT2D eigenvalue weighted by Crippen LogP contribution is -2.32. The van der Waals surface area contributed by atoms with Crippen LogP contribution in [0.3, 0.4) is 0 Å². The van der Waals surface area contributed by atoms with E-state index in [1.54, 1.807) is 19.1 Å². The Labute approximate surface area is 207 Å². The quantitative estimate of drug-likeness (QED) is 0.393. The molecule has 0 unspecified atom stereocenters. The molecule has 0 fully saturated rings. The van der Waals surface area contributed by atoms with E-state index >= 15 is 0 Å². The molecule has 4 rings (SSSR count). The van der Waals surface area contributed by atoms with Crippen molar-refractivity contribution < 1.29 is 22.8 Å². The summed E-state index contributed by atoms with van der Waals surface area (Å²) in [5.41, 5.74) is -0.856. The first-order valence-corrected chi connectivity index (χ1v) is 11.0. The van der Waals surface area contributed by atoms with E-state index in [9.17, 15) is 27.6 Å². The Bertz CT molecular complexity index is 1480. The molecule has 0 aromatic carbocycles. The molecule has 0 radical (unpaired) electrons. The fourth-order valence-corrected chi connectivity index (χ4v) is 3.41. The third kappa shape index (κ3) is 5.89. The lowest BCUT2D eigenvalue weighted by Gasteiger charge is -2.11. The first-order valence-electron chi connectivity index (χ1n) is 11.0. The van der Waals surface area contributed by atoms with Crippen molar-refractivity contribution in [2.45, 2.75) is 19.6 Å². The number of rotatable bonds is 7. The maximum atomic E-state index is 13.7. The van der Waals surface area contributed by atoms with Crippen molar-refractivity contribution >= 4 is 17.6 Å². The van der Waals surface area contributed by atoms with Crippen LogP contribution >= 0.6 is 0 Å². The van der Waals surface area contributed by atoms with E-state index in [-0.39, 0.29) is 35.2 Å². The standard InChI is InChI=1S/C24H20F3N7O3/c1-2-29-21(35)14-33-13-16(5-8-22(33)36)23(37)31-20-7-6-17(12-30-20)34-19(24(25,26)27)10-18(32-34)15-4-3-9-28-11-15/h3-13H,2,14H2,1H3,(H,29,35)(H,30,31,37). The third-order valence-corrected chi connectivity index (χ3v) is 5.12. The summed E-state index contributed by atoms with van der Waals surface area (Å²) in [6.45, 7) is 1.87. The van der Waals surface area contributed by atoms with Gasteiger partial charge in [0.2, 0.25) is 5.91 Å². The molecule has 0 atom stereocenters. The Morgan fingerprint density at radius 3 is 2.54 bits per heavy atom. The van der Waals surface area contributed by atoms with Crippen molar-refractivity contribution in [3.05, 3.63) is 88.9 Å². The van der Waals surface area contributed by atoms with Crippen LogP contribution in [0.25, 0.3) is 16.9 Å². The van der Waals surface area contributed by atoms with Crippen molar-refractivity contribution in [1.29, 1.82) is 0 Å². The summed E-state index contributed by atoms with van der Waals surface area (Å²) < 4.78 is 42.9. The molecule has 190 valence electrons. The van der Waals surface area contributed by atoms with Gasteiger partial charge in [-0.05, 0) is 43.3 Å². The molecule has 2 amide bonds. The summed E-state index contributed by atoms with van der Waals surface area (Å²) in [5, 5.41) is 9.15. The number of halogens is 3. The Morgan fingerprint density at radius 1 is 1.08 bits per heavy atom. The fourth-order valence-electron chi connectivity index (χ4n) is 3.41. The summed E-state index contributed by atoms with van der Waals surface area (Å²) >= 11 is 0. The molecule has 13 heteroatoms. The number of likely N-dealkylation sites (N-methyl/N-ethyl adjacent to an activating group) is 1. The van der Waals surface area contributed by atoms with Crippen molar-refractivity contribution in [3.63, 3.8) is 0 Å². The normalized spacial score (nSPS) is 11.2. The van der Waals surface area contributed by atoms with E-state index in [4.69, 9.17) is 0 Å². The van der Waals surface area contributed by atoms with E-state index < -0.39 is 23.3 Å². The minimum absolute atomic E-state index is 0.0240. The summed E-state index contributed by atoms with van der Waals surface area (Å²) in [4.78, 5) is 44.4. The number of nitrogens with one attached hydrogen (secondary N) is 2. The molecule has 0 saturated carbocycles. The molecular formula is C24H20F3N7O3. The maximum absolute atomic E-state index is 13.7. The van der Waals surface area contributed by atoms with Crippen LogP contribution in [-0.4, -0.2) is 42.7 Å². The predicted molar refractivity (Wildman–Crippen MR) is 127 cm³/mol. The van der Waals surface area contributed by atoms with Crippen LogP contribution in [0, 0.1) is 0 Å². The fraction of sp³-hybridized carbons (Fsp3) is 0.167. The molecule has 0 aliphatic rings. The van der Waals surface area contributed by atoms with Gasteiger partial charge in [-0.2, -0.15) is 18.3 Å². The van der Waals surface area contributed by atoms with Crippen molar-refractivity contribution in [1.82, 2.24) is 29.6 Å². The van der Waals surface area contributed by atoms with Gasteiger partial charge in [0.15, 0.2) is 0 Å².